The van der Waals surface area contributed by atoms with Gasteiger partial charge in [0.2, 0.25) is 0 Å². The molecule has 0 radical (unpaired) electrons. The number of aromatic nitrogens is 2. The summed E-state index contributed by atoms with van der Waals surface area (Å²) in [6.07, 6.45) is 2.14. The Bertz CT molecular complexity index is 394. The number of aliphatic carboxylic acids is 1. The van der Waals surface area contributed by atoms with E-state index in [1.54, 1.807) is 4.68 Å². The number of hydrogen-bond donors (Lipinski definition) is 1. The summed E-state index contributed by atoms with van der Waals surface area (Å²) in [6.45, 7) is 1.69. The summed E-state index contributed by atoms with van der Waals surface area (Å²) in [4.78, 5) is 13.0. The van der Waals surface area contributed by atoms with Gasteiger partial charge in [0.05, 0.1) is 12.1 Å². The van der Waals surface area contributed by atoms with Crippen LogP contribution in [0.2, 0.25) is 0 Å². The van der Waals surface area contributed by atoms with Crippen molar-refractivity contribution in [3.63, 3.8) is 0 Å². The zero-order valence-electron chi connectivity index (χ0n) is 9.87. The maximum Gasteiger partial charge on any atom is 0.304 e. The molecule has 1 aliphatic heterocycles. The number of hydrogen-bond acceptors (Lipinski definition) is 4. The fraction of sp³-hybridized carbons (Fsp3) is 0.636. The van der Waals surface area contributed by atoms with E-state index in [0.717, 1.165) is 30.3 Å². The van der Waals surface area contributed by atoms with E-state index >= 15 is 0 Å². The quantitative estimate of drug-likeness (QED) is 0.863. The Balaban J connectivity index is 1.98. The molecule has 2 rings (SSSR count). The second kappa shape index (κ2) is 5.55. The molecule has 1 fully saturated rings. The number of carbonyl (C=O) groups is 1. The van der Waals surface area contributed by atoms with Gasteiger partial charge in [-0.1, -0.05) is 0 Å². The molecule has 1 aromatic rings. The van der Waals surface area contributed by atoms with Gasteiger partial charge >= 0.3 is 5.97 Å². The topological polar surface area (TPSA) is 58.4 Å². The molecule has 0 aromatic carbocycles. The van der Waals surface area contributed by atoms with E-state index in [2.05, 4.69) is 10.00 Å². The lowest BCUT2D eigenvalue weighted by Gasteiger charge is -2.33. The molecule has 1 saturated heterocycles. The van der Waals surface area contributed by atoms with Crippen molar-refractivity contribution >= 4 is 17.7 Å². The van der Waals surface area contributed by atoms with Crippen LogP contribution in [0.4, 0.5) is 0 Å². The molecule has 6 heteroatoms. The van der Waals surface area contributed by atoms with Crippen LogP contribution in [0.15, 0.2) is 12.3 Å². The largest absolute Gasteiger partial charge is 0.481 e. The molecule has 1 aliphatic rings. The predicted octanol–water partition coefficient (Wildman–Crippen LogP) is 0.812. The van der Waals surface area contributed by atoms with Crippen LogP contribution in [0.3, 0.4) is 0 Å². The van der Waals surface area contributed by atoms with Crippen LogP contribution >= 0.6 is 11.8 Å². The van der Waals surface area contributed by atoms with E-state index in [9.17, 15) is 4.79 Å². The van der Waals surface area contributed by atoms with Crippen LogP contribution in [0.1, 0.15) is 12.1 Å². The lowest BCUT2D eigenvalue weighted by molar-refractivity contribution is -0.138. The third-order valence-electron chi connectivity index (χ3n) is 2.89. The highest BCUT2D eigenvalue weighted by molar-refractivity contribution is 7.99. The minimum absolute atomic E-state index is 0.133. The third kappa shape index (κ3) is 3.47. The highest BCUT2D eigenvalue weighted by Gasteiger charge is 2.25. The number of aryl methyl sites for hydroxylation is 1. The first-order valence-electron chi connectivity index (χ1n) is 5.67. The minimum atomic E-state index is -0.719. The Morgan fingerprint density at radius 3 is 3.18 bits per heavy atom. The van der Waals surface area contributed by atoms with Crippen molar-refractivity contribution in [2.45, 2.75) is 19.0 Å². The smallest absolute Gasteiger partial charge is 0.304 e. The van der Waals surface area contributed by atoms with Gasteiger partial charge in [0.15, 0.2) is 0 Å². The molecule has 2 heterocycles. The average molecular weight is 255 g/mol. The predicted molar refractivity (Wildman–Crippen MR) is 67.0 cm³/mol. The van der Waals surface area contributed by atoms with Crippen molar-refractivity contribution in [3.8, 4) is 0 Å². The third-order valence-corrected chi connectivity index (χ3v) is 3.99. The summed E-state index contributed by atoms with van der Waals surface area (Å²) < 4.78 is 1.78. The molecule has 1 aromatic heterocycles. The van der Waals surface area contributed by atoms with Gasteiger partial charge in [-0.15, -0.1) is 0 Å². The number of nitrogens with zero attached hydrogens (tertiary/aromatic N) is 3. The number of rotatable bonds is 4. The number of thioether (sulfide) groups is 1. The molecule has 0 bridgehead atoms. The van der Waals surface area contributed by atoms with Gasteiger partial charge in [-0.25, -0.2) is 0 Å². The Morgan fingerprint density at radius 2 is 2.53 bits per heavy atom. The number of carboxylic acid groups (broad SMARTS) is 1. The number of carboxylic acids is 1. The van der Waals surface area contributed by atoms with Crippen molar-refractivity contribution in [1.82, 2.24) is 14.7 Å². The van der Waals surface area contributed by atoms with Crippen LogP contribution < -0.4 is 0 Å². The van der Waals surface area contributed by atoms with Crippen molar-refractivity contribution in [2.75, 3.05) is 18.1 Å². The molecule has 1 N–H and O–H groups in total. The van der Waals surface area contributed by atoms with Crippen LogP contribution in [0, 0.1) is 0 Å². The summed E-state index contributed by atoms with van der Waals surface area (Å²) in [6, 6.07) is 2.12. The monoisotopic (exact) mass is 255 g/mol. The Morgan fingerprint density at radius 1 is 1.71 bits per heavy atom. The molecule has 17 heavy (non-hydrogen) atoms. The van der Waals surface area contributed by atoms with E-state index < -0.39 is 5.97 Å². The van der Waals surface area contributed by atoms with Gasteiger partial charge in [0, 0.05) is 43.9 Å². The van der Waals surface area contributed by atoms with Crippen molar-refractivity contribution in [1.29, 1.82) is 0 Å². The Kier molecular flexibility index (Phi) is 4.06. The van der Waals surface area contributed by atoms with Gasteiger partial charge in [-0.05, 0) is 6.07 Å². The Labute approximate surface area is 105 Å². The average Bonchev–Trinajstić information content (AvgIpc) is 2.66. The molecule has 1 unspecified atom stereocenters. The SMILES string of the molecule is Cn1ccc(CN2CCSCC2CC(=O)O)n1. The maximum absolute atomic E-state index is 10.8. The van der Waals surface area contributed by atoms with Crippen molar-refractivity contribution in [2.24, 2.45) is 7.05 Å². The first-order valence-corrected chi connectivity index (χ1v) is 6.83. The second-order valence-corrected chi connectivity index (χ2v) is 5.43. The van der Waals surface area contributed by atoms with Gasteiger partial charge in [0.1, 0.15) is 0 Å². The van der Waals surface area contributed by atoms with E-state index in [1.165, 1.54) is 0 Å². The minimum Gasteiger partial charge on any atom is -0.481 e. The van der Waals surface area contributed by atoms with E-state index in [1.807, 2.05) is 31.1 Å². The van der Waals surface area contributed by atoms with Gasteiger partial charge in [-0.2, -0.15) is 16.9 Å². The molecule has 0 spiro atoms. The van der Waals surface area contributed by atoms with Gasteiger partial charge in [-0.3, -0.25) is 14.4 Å². The van der Waals surface area contributed by atoms with E-state index in [-0.39, 0.29) is 12.5 Å². The molecule has 0 saturated carbocycles. The van der Waals surface area contributed by atoms with E-state index in [0.29, 0.717) is 0 Å². The molecular weight excluding hydrogens is 238 g/mol. The van der Waals surface area contributed by atoms with Crippen LogP contribution in [0.25, 0.3) is 0 Å². The maximum atomic E-state index is 10.8. The summed E-state index contributed by atoms with van der Waals surface area (Å²) in [5.41, 5.74) is 1.01. The molecule has 1 atom stereocenters. The molecule has 5 nitrogen and oxygen atoms in total. The van der Waals surface area contributed by atoms with Crippen LogP contribution in [-0.2, 0) is 18.4 Å². The summed E-state index contributed by atoms with van der Waals surface area (Å²) in [7, 11) is 1.89. The molecule has 0 aliphatic carbocycles. The summed E-state index contributed by atoms with van der Waals surface area (Å²) >= 11 is 1.83. The molecule has 0 amide bonds. The summed E-state index contributed by atoms with van der Waals surface area (Å²) in [5.74, 6) is 1.26. The zero-order valence-corrected chi connectivity index (χ0v) is 10.7. The normalized spacial score (nSPS) is 21.6. The Hall–Kier alpha value is -1.01. The highest BCUT2D eigenvalue weighted by atomic mass is 32.2. The lowest BCUT2D eigenvalue weighted by atomic mass is 10.2. The zero-order chi connectivity index (χ0) is 12.3. The van der Waals surface area contributed by atoms with Gasteiger partial charge < -0.3 is 5.11 Å². The lowest BCUT2D eigenvalue weighted by Crippen LogP contribution is -2.43. The summed E-state index contributed by atoms with van der Waals surface area (Å²) in [5, 5.41) is 13.2. The van der Waals surface area contributed by atoms with Crippen LogP contribution in [-0.4, -0.2) is 49.8 Å². The second-order valence-electron chi connectivity index (χ2n) is 4.28. The first-order chi connectivity index (χ1) is 8.15. The van der Waals surface area contributed by atoms with E-state index in [4.69, 9.17) is 5.11 Å². The fourth-order valence-electron chi connectivity index (χ4n) is 2.04. The molecular formula is C11H17N3O2S. The molecule has 94 valence electrons. The first kappa shape index (κ1) is 12.4. The van der Waals surface area contributed by atoms with Gasteiger partial charge in [0.25, 0.3) is 0 Å². The van der Waals surface area contributed by atoms with Crippen LogP contribution in [0.5, 0.6) is 0 Å². The standard InChI is InChI=1S/C11H17N3O2S/c1-13-3-2-9(12-13)7-14-4-5-17-8-10(14)6-11(15)16/h2-3,10H,4-8H2,1H3,(H,15,16). The fourth-order valence-corrected chi connectivity index (χ4v) is 3.17. The van der Waals surface area contributed by atoms with Crippen molar-refractivity contribution in [3.05, 3.63) is 18.0 Å². The van der Waals surface area contributed by atoms with Crippen molar-refractivity contribution < 1.29 is 9.90 Å². The highest BCUT2D eigenvalue weighted by Crippen LogP contribution is 2.20.